The summed E-state index contributed by atoms with van der Waals surface area (Å²) in [5.41, 5.74) is -2.63. The molecule has 2 heterocycles. The van der Waals surface area contributed by atoms with Crippen molar-refractivity contribution in [3.8, 4) is 0 Å². The summed E-state index contributed by atoms with van der Waals surface area (Å²) in [6.45, 7) is 2.70. The van der Waals surface area contributed by atoms with Gasteiger partial charge in [0.25, 0.3) is 5.56 Å². The minimum absolute atomic E-state index is 0.118. The van der Waals surface area contributed by atoms with Gasteiger partial charge in [0.2, 0.25) is 6.79 Å². The van der Waals surface area contributed by atoms with Gasteiger partial charge in [-0.1, -0.05) is 6.92 Å². The number of phosphoric ester groups is 1. The molecule has 0 radical (unpaired) electrons. The lowest BCUT2D eigenvalue weighted by Gasteiger charge is -2.26. The number of phosphoric acid groups is 1. The van der Waals surface area contributed by atoms with Crippen molar-refractivity contribution in [2.75, 3.05) is 20.1 Å². The first-order valence-corrected chi connectivity index (χ1v) is 11.0. The molecule has 2 rings (SSSR count). The molecule has 1 aromatic heterocycles. The summed E-state index contributed by atoms with van der Waals surface area (Å²) in [4.78, 5) is 46.2. The molecule has 12 nitrogen and oxygen atoms in total. The zero-order valence-electron chi connectivity index (χ0n) is 17.3. The highest BCUT2D eigenvalue weighted by atomic mass is 31.2. The number of H-pyrrole nitrogens is 1. The number of ether oxygens (including phenoxy) is 3. The summed E-state index contributed by atoms with van der Waals surface area (Å²) in [5.74, 6) is -0.295. The van der Waals surface area contributed by atoms with Crippen LogP contribution in [0.15, 0.2) is 21.9 Å². The van der Waals surface area contributed by atoms with Crippen molar-refractivity contribution in [2.45, 2.75) is 51.5 Å². The van der Waals surface area contributed by atoms with Crippen molar-refractivity contribution in [1.82, 2.24) is 9.55 Å². The van der Waals surface area contributed by atoms with Crippen molar-refractivity contribution in [3.05, 3.63) is 33.1 Å². The summed E-state index contributed by atoms with van der Waals surface area (Å²) in [5, 5.41) is 0. The third kappa shape index (κ3) is 7.25. The van der Waals surface area contributed by atoms with Crippen LogP contribution in [0.4, 0.5) is 9.18 Å². The van der Waals surface area contributed by atoms with Gasteiger partial charge in [0.1, 0.15) is 18.5 Å². The molecule has 0 spiro atoms. The quantitative estimate of drug-likeness (QED) is 0.295. The maximum atomic E-state index is 13.8. The maximum Gasteiger partial charge on any atom is 0.510 e. The highest BCUT2D eigenvalue weighted by Crippen LogP contribution is 2.46. The molecule has 0 aliphatic carbocycles. The number of rotatable bonds is 10. The topological polar surface area (TPSA) is 155 Å². The van der Waals surface area contributed by atoms with Crippen molar-refractivity contribution in [3.63, 3.8) is 0 Å². The first-order valence-electron chi connectivity index (χ1n) is 9.47. The Kier molecular flexibility index (Phi) is 8.55. The van der Waals surface area contributed by atoms with Crippen LogP contribution in [0.5, 0.6) is 0 Å². The number of carbonyl (C=O) groups excluding carboxylic acids is 1. The van der Waals surface area contributed by atoms with Gasteiger partial charge in [-0.05, 0) is 20.3 Å². The molecular weight excluding hydrogens is 442 g/mol. The largest absolute Gasteiger partial charge is 0.510 e. The summed E-state index contributed by atoms with van der Waals surface area (Å²) in [6, 6.07) is 1.15. The van der Waals surface area contributed by atoms with E-state index in [1.165, 1.54) is 6.20 Å². The number of hydrogen-bond donors (Lipinski definition) is 2. The maximum absolute atomic E-state index is 13.8. The van der Waals surface area contributed by atoms with Gasteiger partial charge in [0.15, 0.2) is 0 Å². The van der Waals surface area contributed by atoms with E-state index in [0.717, 1.165) is 10.6 Å². The Morgan fingerprint density at radius 2 is 2.16 bits per heavy atom. The molecule has 1 aromatic rings. The third-order valence-corrected chi connectivity index (χ3v) is 5.40. The lowest BCUT2D eigenvalue weighted by molar-refractivity contribution is -0.0993. The number of alkyl halides is 1. The molecule has 14 heteroatoms. The van der Waals surface area contributed by atoms with Crippen molar-refractivity contribution in [1.29, 1.82) is 0 Å². The summed E-state index contributed by atoms with van der Waals surface area (Å²) in [7, 11) is -4.59. The van der Waals surface area contributed by atoms with E-state index in [1.54, 1.807) is 20.8 Å². The number of halogens is 1. The van der Waals surface area contributed by atoms with Gasteiger partial charge in [0.05, 0.1) is 12.7 Å². The van der Waals surface area contributed by atoms with Crippen LogP contribution in [0.25, 0.3) is 0 Å². The van der Waals surface area contributed by atoms with E-state index < -0.39 is 63.2 Å². The van der Waals surface area contributed by atoms with Crippen LogP contribution < -0.4 is 11.2 Å². The number of aromatic nitrogens is 2. The van der Waals surface area contributed by atoms with Crippen molar-refractivity contribution < 1.29 is 41.9 Å². The first-order chi connectivity index (χ1) is 14.5. The lowest BCUT2D eigenvalue weighted by atomic mass is 9.93. The summed E-state index contributed by atoms with van der Waals surface area (Å²) in [6.07, 6.45) is -1.02. The predicted octanol–water partition coefficient (Wildman–Crippen LogP) is 1.84. The van der Waals surface area contributed by atoms with E-state index >= 15 is 0 Å². The standard InChI is InChI=1S/C17H26FN2O10P/c1-11(2)29-16(23)26-10-28-31(24,25)27-7-5-17(9-18)8-12(3)14(30-17)20-6-4-13(21)19-15(20)22/h4,6,11-12,14H,5,7-10H2,1-3H3,(H,24,25)(H,19,21,22). The van der Waals surface area contributed by atoms with Crippen LogP contribution in [0.2, 0.25) is 0 Å². The highest BCUT2D eigenvalue weighted by molar-refractivity contribution is 7.47. The van der Waals surface area contributed by atoms with E-state index in [2.05, 4.69) is 19.0 Å². The normalized spacial score (nSPS) is 25.4. The Hall–Kier alpha value is -2.05. The molecule has 1 aliphatic rings. The number of nitrogens with zero attached hydrogens (tertiary/aromatic N) is 1. The number of nitrogens with one attached hydrogen (secondary N) is 1. The van der Waals surface area contributed by atoms with E-state index in [-0.39, 0.29) is 18.8 Å². The molecule has 1 fully saturated rings. The number of aromatic amines is 1. The predicted molar refractivity (Wildman–Crippen MR) is 103 cm³/mol. The first kappa shape index (κ1) is 25.2. The summed E-state index contributed by atoms with van der Waals surface area (Å²) >= 11 is 0. The molecule has 176 valence electrons. The second-order valence-corrected chi connectivity index (χ2v) is 8.84. The molecule has 4 atom stereocenters. The number of hydrogen-bond acceptors (Lipinski definition) is 9. The Morgan fingerprint density at radius 3 is 2.77 bits per heavy atom. The number of carbonyl (C=O) groups is 1. The molecule has 4 unspecified atom stereocenters. The Bertz CT molecular complexity index is 919. The van der Waals surface area contributed by atoms with E-state index in [4.69, 9.17) is 9.26 Å². The van der Waals surface area contributed by atoms with Gasteiger partial charge in [-0.3, -0.25) is 18.9 Å². The minimum Gasteiger partial charge on any atom is -0.432 e. The van der Waals surface area contributed by atoms with Gasteiger partial charge < -0.3 is 19.1 Å². The van der Waals surface area contributed by atoms with Gasteiger partial charge in [-0.15, -0.1) is 0 Å². The average Bonchev–Trinajstić information content (AvgIpc) is 2.97. The van der Waals surface area contributed by atoms with Crippen LogP contribution in [0.3, 0.4) is 0 Å². The molecule has 2 N–H and O–H groups in total. The van der Waals surface area contributed by atoms with E-state index in [1.807, 2.05) is 0 Å². The van der Waals surface area contributed by atoms with Crippen LogP contribution in [0, 0.1) is 5.92 Å². The third-order valence-electron chi connectivity index (χ3n) is 4.46. The Labute approximate surface area is 176 Å². The van der Waals surface area contributed by atoms with Crippen LogP contribution >= 0.6 is 7.82 Å². The van der Waals surface area contributed by atoms with Gasteiger partial charge in [-0.25, -0.2) is 23.1 Å². The fraction of sp³-hybridized carbons (Fsp3) is 0.706. The minimum atomic E-state index is -4.59. The highest BCUT2D eigenvalue weighted by Gasteiger charge is 2.46. The van der Waals surface area contributed by atoms with Crippen LogP contribution in [0.1, 0.15) is 39.8 Å². The fourth-order valence-corrected chi connectivity index (χ4v) is 3.71. The molecule has 0 amide bonds. The van der Waals surface area contributed by atoms with E-state index in [9.17, 15) is 28.2 Å². The van der Waals surface area contributed by atoms with Crippen molar-refractivity contribution >= 4 is 14.0 Å². The van der Waals surface area contributed by atoms with Crippen LogP contribution in [-0.4, -0.2) is 52.4 Å². The molecule has 0 saturated carbocycles. The molecule has 1 saturated heterocycles. The Morgan fingerprint density at radius 1 is 1.45 bits per heavy atom. The van der Waals surface area contributed by atoms with Gasteiger partial charge >= 0.3 is 19.7 Å². The molecular formula is C17H26FN2O10P. The summed E-state index contributed by atoms with van der Waals surface area (Å²) < 4.78 is 51.1. The second-order valence-electron chi connectivity index (χ2n) is 7.38. The lowest BCUT2D eigenvalue weighted by Crippen LogP contribution is -2.36. The average molecular weight is 468 g/mol. The van der Waals surface area contributed by atoms with Crippen molar-refractivity contribution in [2.24, 2.45) is 5.92 Å². The second kappa shape index (κ2) is 10.5. The molecule has 0 aromatic carbocycles. The SMILES string of the molecule is CC(C)OC(=O)OCOP(=O)(O)OCCC1(CF)CC(C)C(n2ccc(=O)[nH]c2=O)O1. The smallest absolute Gasteiger partial charge is 0.432 e. The monoisotopic (exact) mass is 468 g/mol. The molecule has 31 heavy (non-hydrogen) atoms. The van der Waals surface area contributed by atoms with Gasteiger partial charge in [-0.2, -0.15) is 0 Å². The molecule has 1 aliphatic heterocycles. The van der Waals surface area contributed by atoms with Crippen LogP contribution in [-0.2, 0) is 27.8 Å². The Balaban J connectivity index is 1.89. The van der Waals surface area contributed by atoms with E-state index in [0.29, 0.717) is 0 Å². The fourth-order valence-electron chi connectivity index (χ4n) is 3.13. The van der Waals surface area contributed by atoms with Gasteiger partial charge in [0, 0.05) is 24.6 Å². The molecule has 0 bridgehead atoms. The zero-order chi connectivity index (χ0) is 23.2. The zero-order valence-corrected chi connectivity index (χ0v) is 18.2.